The fraction of sp³-hybridized carbons (Fsp3) is 0.435. The number of aryl methyl sites for hydroxylation is 1. The number of hydrogen-bond acceptors (Lipinski definition) is 7. The summed E-state index contributed by atoms with van der Waals surface area (Å²) in [5.74, 6) is 1.03. The smallest absolute Gasteiger partial charge is 0.315 e. The molecule has 0 aliphatic carbocycles. The topological polar surface area (TPSA) is 89.2 Å². The fourth-order valence-corrected chi connectivity index (χ4v) is 4.97. The van der Waals surface area contributed by atoms with E-state index in [1.54, 1.807) is 6.07 Å². The van der Waals surface area contributed by atoms with E-state index in [0.717, 1.165) is 42.6 Å². The summed E-state index contributed by atoms with van der Waals surface area (Å²) in [7, 11) is 1.51. The van der Waals surface area contributed by atoms with Crippen LogP contribution in [0.1, 0.15) is 35.6 Å². The molecule has 6 rings (SSSR count). The Balaban J connectivity index is 1.45. The summed E-state index contributed by atoms with van der Waals surface area (Å²) in [5.41, 5.74) is 7.22. The van der Waals surface area contributed by atoms with Crippen LogP contribution >= 0.6 is 0 Å². The van der Waals surface area contributed by atoms with Crippen molar-refractivity contribution in [3.8, 4) is 11.5 Å². The van der Waals surface area contributed by atoms with Crippen LogP contribution in [-0.2, 0) is 6.61 Å². The zero-order chi connectivity index (χ0) is 21.5. The normalized spacial score (nSPS) is 26.1. The van der Waals surface area contributed by atoms with Gasteiger partial charge in [0.1, 0.15) is 6.61 Å². The Morgan fingerprint density at radius 2 is 1.97 bits per heavy atom. The highest BCUT2D eigenvalue weighted by Crippen LogP contribution is 2.44. The van der Waals surface area contributed by atoms with Gasteiger partial charge < -0.3 is 14.9 Å². The molecule has 8 heteroatoms. The zero-order valence-electron chi connectivity index (χ0n) is 17.7. The van der Waals surface area contributed by atoms with E-state index in [1.807, 2.05) is 37.3 Å². The van der Waals surface area contributed by atoms with Crippen molar-refractivity contribution in [2.24, 2.45) is 11.0 Å². The average molecular weight is 422 g/mol. The van der Waals surface area contributed by atoms with Crippen molar-refractivity contribution < 1.29 is 14.4 Å². The Hall–Kier alpha value is -3.13. The van der Waals surface area contributed by atoms with E-state index in [0.29, 0.717) is 11.7 Å². The van der Waals surface area contributed by atoms with Crippen molar-refractivity contribution >= 4 is 11.4 Å². The summed E-state index contributed by atoms with van der Waals surface area (Å²) in [6.07, 6.45) is 2.28. The third-order valence-electron chi connectivity index (χ3n) is 6.63. The molecule has 4 aliphatic heterocycles. The lowest BCUT2D eigenvalue weighted by atomic mass is 9.78. The van der Waals surface area contributed by atoms with E-state index < -0.39 is 4.92 Å². The molecular weight excluding hydrogens is 396 g/mol. The number of fused-ring (bicyclic) bond motifs is 2. The highest BCUT2D eigenvalue weighted by Gasteiger charge is 2.47. The first-order valence-corrected chi connectivity index (χ1v) is 10.7. The Labute approximate surface area is 181 Å². The lowest BCUT2D eigenvalue weighted by molar-refractivity contribution is -0.386. The standard InChI is InChI=1S/C23H26N4O4/c1-14-3-5-15(6-4-14)13-31-23-18(27(28)29)11-17(12-19(23)30-2)21-22-20(24-25-21)16-7-9-26(22)10-8-16/h3-6,11-12,16,21-22,25H,7-10,13H2,1-2H3. The molecular formula is C23H26N4O4. The van der Waals surface area contributed by atoms with Gasteiger partial charge in [-0.25, -0.2) is 0 Å². The summed E-state index contributed by atoms with van der Waals surface area (Å²) >= 11 is 0. The molecule has 3 fully saturated rings. The second-order valence-electron chi connectivity index (χ2n) is 8.50. The average Bonchev–Trinajstić information content (AvgIpc) is 3.26. The number of hydrogen-bond donors (Lipinski definition) is 1. The van der Waals surface area contributed by atoms with Crippen molar-refractivity contribution in [2.45, 2.75) is 38.5 Å². The van der Waals surface area contributed by atoms with Crippen LogP contribution in [0.2, 0.25) is 0 Å². The number of piperidine rings is 3. The fourth-order valence-electron chi connectivity index (χ4n) is 4.97. The summed E-state index contributed by atoms with van der Waals surface area (Å²) < 4.78 is 11.4. The number of rotatable bonds is 6. The van der Waals surface area contributed by atoms with E-state index >= 15 is 0 Å². The van der Waals surface area contributed by atoms with E-state index in [2.05, 4.69) is 15.4 Å². The molecule has 0 radical (unpaired) electrons. The molecule has 2 atom stereocenters. The van der Waals surface area contributed by atoms with Crippen molar-refractivity contribution in [1.82, 2.24) is 10.3 Å². The minimum atomic E-state index is -0.402. The SMILES string of the molecule is COc1cc(C2NN=C3C4CCN(CC4)C32)cc([N+](=O)[O-])c1OCc1ccc(C)cc1. The number of ether oxygens (including phenoxy) is 2. The van der Waals surface area contributed by atoms with Crippen LogP contribution < -0.4 is 14.9 Å². The molecule has 3 saturated heterocycles. The molecule has 2 unspecified atom stereocenters. The largest absolute Gasteiger partial charge is 0.493 e. The number of nitro groups is 1. The highest BCUT2D eigenvalue weighted by atomic mass is 16.6. The van der Waals surface area contributed by atoms with Crippen molar-refractivity contribution in [2.75, 3.05) is 20.2 Å². The molecule has 4 aliphatic rings. The van der Waals surface area contributed by atoms with Gasteiger partial charge in [-0.3, -0.25) is 15.0 Å². The van der Waals surface area contributed by atoms with Gasteiger partial charge in [-0.1, -0.05) is 29.8 Å². The first-order valence-electron chi connectivity index (χ1n) is 10.7. The van der Waals surface area contributed by atoms with E-state index in [9.17, 15) is 10.1 Å². The van der Waals surface area contributed by atoms with E-state index in [-0.39, 0.29) is 30.1 Å². The van der Waals surface area contributed by atoms with Crippen molar-refractivity contribution in [3.05, 3.63) is 63.2 Å². The van der Waals surface area contributed by atoms with Gasteiger partial charge >= 0.3 is 5.69 Å². The van der Waals surface area contributed by atoms with Crippen LogP contribution in [0, 0.1) is 23.0 Å². The van der Waals surface area contributed by atoms with Gasteiger partial charge in [0.25, 0.3) is 0 Å². The van der Waals surface area contributed by atoms with Gasteiger partial charge in [-0.2, -0.15) is 5.10 Å². The third kappa shape index (κ3) is 3.50. The summed E-state index contributed by atoms with van der Waals surface area (Å²) in [6, 6.07) is 11.4. The van der Waals surface area contributed by atoms with Crippen molar-refractivity contribution in [3.63, 3.8) is 0 Å². The molecule has 0 saturated carbocycles. The van der Waals surface area contributed by atoms with Crippen molar-refractivity contribution in [1.29, 1.82) is 0 Å². The number of benzene rings is 2. The molecule has 0 spiro atoms. The maximum Gasteiger partial charge on any atom is 0.315 e. The van der Waals surface area contributed by atoms with E-state index in [4.69, 9.17) is 9.47 Å². The Bertz CT molecular complexity index is 1030. The van der Waals surface area contributed by atoms with Crippen LogP contribution in [0.4, 0.5) is 5.69 Å². The predicted molar refractivity (Wildman–Crippen MR) is 117 cm³/mol. The second-order valence-corrected chi connectivity index (χ2v) is 8.50. The first-order chi connectivity index (χ1) is 15.0. The summed E-state index contributed by atoms with van der Waals surface area (Å²) in [4.78, 5) is 14.0. The minimum absolute atomic E-state index is 0.0901. The van der Waals surface area contributed by atoms with Crippen LogP contribution in [0.25, 0.3) is 0 Å². The van der Waals surface area contributed by atoms with Crippen LogP contribution in [0.5, 0.6) is 11.5 Å². The molecule has 8 nitrogen and oxygen atoms in total. The first kappa shape index (κ1) is 19.8. The third-order valence-corrected chi connectivity index (χ3v) is 6.63. The Morgan fingerprint density at radius 3 is 2.65 bits per heavy atom. The maximum atomic E-state index is 11.9. The molecule has 2 aromatic carbocycles. The Kier molecular flexibility index (Phi) is 5.02. The Morgan fingerprint density at radius 1 is 1.23 bits per heavy atom. The number of nitro benzene ring substituents is 1. The molecule has 2 aromatic rings. The second kappa shape index (κ2) is 7.85. The van der Waals surface area contributed by atoms with Crippen LogP contribution in [0.15, 0.2) is 41.5 Å². The molecule has 0 amide bonds. The van der Waals surface area contributed by atoms with E-state index in [1.165, 1.54) is 12.8 Å². The molecule has 31 heavy (non-hydrogen) atoms. The van der Waals surface area contributed by atoms with Gasteiger partial charge in [0.2, 0.25) is 5.75 Å². The molecule has 1 N–H and O–H groups in total. The van der Waals surface area contributed by atoms with Gasteiger partial charge in [-0.05, 0) is 50.0 Å². The van der Waals surface area contributed by atoms with Gasteiger partial charge in [-0.15, -0.1) is 0 Å². The highest BCUT2D eigenvalue weighted by molar-refractivity contribution is 5.95. The quantitative estimate of drug-likeness (QED) is 0.565. The number of nitrogens with one attached hydrogen (secondary N) is 1. The van der Waals surface area contributed by atoms with Gasteiger partial charge in [0.05, 0.1) is 29.8 Å². The molecule has 4 heterocycles. The minimum Gasteiger partial charge on any atom is -0.493 e. The number of methoxy groups -OCH3 is 1. The van der Waals surface area contributed by atoms with Gasteiger partial charge in [0.15, 0.2) is 5.75 Å². The lowest BCUT2D eigenvalue weighted by Crippen LogP contribution is -2.56. The molecule has 2 bridgehead atoms. The zero-order valence-corrected chi connectivity index (χ0v) is 17.7. The number of hydrazone groups is 1. The monoisotopic (exact) mass is 422 g/mol. The van der Waals surface area contributed by atoms with Crippen LogP contribution in [0.3, 0.4) is 0 Å². The summed E-state index contributed by atoms with van der Waals surface area (Å²) in [5, 5.41) is 16.6. The lowest BCUT2D eigenvalue weighted by Gasteiger charge is -2.45. The predicted octanol–water partition coefficient (Wildman–Crippen LogP) is 3.59. The van der Waals surface area contributed by atoms with Crippen LogP contribution in [-0.4, -0.2) is 41.8 Å². The maximum absolute atomic E-state index is 11.9. The molecule has 0 aromatic heterocycles. The van der Waals surface area contributed by atoms with Gasteiger partial charge in [0, 0.05) is 12.0 Å². The summed E-state index contributed by atoms with van der Waals surface area (Å²) in [6.45, 7) is 4.33. The molecule has 162 valence electrons. The number of nitrogens with zero attached hydrogens (tertiary/aromatic N) is 3.